The molecule has 1 aromatic rings. The zero-order valence-electron chi connectivity index (χ0n) is 15.2. The second kappa shape index (κ2) is 7.86. The van der Waals surface area contributed by atoms with Gasteiger partial charge in [-0.25, -0.2) is 0 Å². The first-order chi connectivity index (χ1) is 10.5. The molecule has 1 atom stereocenters. The number of aliphatic hydroxyl groups is 1. The lowest BCUT2D eigenvalue weighted by Gasteiger charge is -2.38. The number of rotatable bonds is 7. The molecule has 0 radical (unpaired) electrons. The van der Waals surface area contributed by atoms with Crippen LogP contribution < -0.4 is 9.47 Å². The van der Waals surface area contributed by atoms with Crippen LogP contribution in [0.2, 0.25) is 0 Å². The minimum atomic E-state index is -0.455. The Kier molecular flexibility index (Phi) is 6.93. The molecule has 0 fully saturated rings. The Morgan fingerprint density at radius 2 is 1.52 bits per heavy atom. The highest BCUT2D eigenvalue weighted by Crippen LogP contribution is 2.37. The molecule has 23 heavy (non-hydrogen) atoms. The summed E-state index contributed by atoms with van der Waals surface area (Å²) in [6, 6.07) is 3.83. The van der Waals surface area contributed by atoms with Gasteiger partial charge in [0.25, 0.3) is 0 Å². The molecule has 1 aromatic carbocycles. The highest BCUT2D eigenvalue weighted by molar-refractivity contribution is 9.10. The Morgan fingerprint density at radius 1 is 1.04 bits per heavy atom. The summed E-state index contributed by atoms with van der Waals surface area (Å²) in [4.78, 5) is 0. The predicted octanol–water partition coefficient (Wildman–Crippen LogP) is 4.42. The number of methoxy groups -OCH3 is 2. The van der Waals surface area contributed by atoms with E-state index in [4.69, 9.17) is 14.2 Å². The van der Waals surface area contributed by atoms with Gasteiger partial charge in [-0.3, -0.25) is 0 Å². The van der Waals surface area contributed by atoms with Crippen molar-refractivity contribution in [3.63, 3.8) is 0 Å². The molecule has 0 aliphatic rings. The quantitative estimate of drug-likeness (QED) is 0.750. The molecule has 0 amide bonds. The lowest BCUT2D eigenvalue weighted by atomic mass is 9.73. The molecular weight excluding hydrogens is 360 g/mol. The molecular formula is C18H29BrO4. The Hall–Kier alpha value is -0.780. The van der Waals surface area contributed by atoms with Crippen molar-refractivity contribution in [3.05, 3.63) is 22.2 Å². The van der Waals surface area contributed by atoms with Crippen molar-refractivity contribution in [2.45, 2.75) is 47.3 Å². The zero-order chi connectivity index (χ0) is 17.8. The van der Waals surface area contributed by atoms with Crippen LogP contribution in [0.4, 0.5) is 0 Å². The van der Waals surface area contributed by atoms with Crippen LogP contribution in [0.5, 0.6) is 11.5 Å². The number of ether oxygens (including phenoxy) is 3. The van der Waals surface area contributed by atoms with E-state index in [0.29, 0.717) is 24.7 Å². The van der Waals surface area contributed by atoms with Crippen LogP contribution in [-0.2, 0) is 11.3 Å². The average Bonchev–Trinajstić information content (AvgIpc) is 2.46. The maximum Gasteiger partial charge on any atom is 0.137 e. The molecule has 4 nitrogen and oxygen atoms in total. The summed E-state index contributed by atoms with van der Waals surface area (Å²) in [6.07, 6.45) is -0.455. The van der Waals surface area contributed by atoms with Gasteiger partial charge in [-0.15, -0.1) is 0 Å². The van der Waals surface area contributed by atoms with E-state index >= 15 is 0 Å². The third-order valence-corrected chi connectivity index (χ3v) is 4.59. The topological polar surface area (TPSA) is 47.9 Å². The monoisotopic (exact) mass is 388 g/mol. The fourth-order valence-electron chi connectivity index (χ4n) is 2.69. The fraction of sp³-hybridized carbons (Fsp3) is 0.667. The molecule has 0 saturated heterocycles. The van der Waals surface area contributed by atoms with E-state index in [1.54, 1.807) is 14.2 Å². The van der Waals surface area contributed by atoms with Crippen molar-refractivity contribution in [2.24, 2.45) is 10.8 Å². The van der Waals surface area contributed by atoms with Gasteiger partial charge in [0.2, 0.25) is 0 Å². The molecule has 1 N–H and O–H groups in total. The van der Waals surface area contributed by atoms with Gasteiger partial charge in [0.15, 0.2) is 0 Å². The van der Waals surface area contributed by atoms with Crippen molar-refractivity contribution < 1.29 is 19.3 Å². The number of benzene rings is 1. The van der Waals surface area contributed by atoms with Crippen molar-refractivity contribution in [2.75, 3.05) is 20.8 Å². The molecule has 0 heterocycles. The number of hydrogen-bond donors (Lipinski definition) is 1. The summed E-state index contributed by atoms with van der Waals surface area (Å²) in [5.74, 6) is 1.41. The Labute approximate surface area is 148 Å². The fourth-order valence-corrected chi connectivity index (χ4v) is 3.24. The molecule has 1 rings (SSSR count). The van der Waals surface area contributed by atoms with Gasteiger partial charge in [0, 0.05) is 5.41 Å². The number of aliphatic hydroxyl groups excluding tert-OH is 1. The highest BCUT2D eigenvalue weighted by atomic mass is 79.9. The van der Waals surface area contributed by atoms with Gasteiger partial charge < -0.3 is 19.3 Å². The van der Waals surface area contributed by atoms with E-state index < -0.39 is 6.10 Å². The first-order valence-electron chi connectivity index (χ1n) is 7.69. The molecule has 5 heteroatoms. The van der Waals surface area contributed by atoms with E-state index in [9.17, 15) is 5.11 Å². The first-order valence-corrected chi connectivity index (χ1v) is 8.48. The Morgan fingerprint density at radius 3 is 1.91 bits per heavy atom. The molecule has 0 bridgehead atoms. The van der Waals surface area contributed by atoms with Crippen LogP contribution in [0.1, 0.15) is 40.2 Å². The van der Waals surface area contributed by atoms with E-state index in [1.165, 1.54) is 0 Å². The van der Waals surface area contributed by atoms with Gasteiger partial charge >= 0.3 is 0 Å². The summed E-state index contributed by atoms with van der Waals surface area (Å²) in [5.41, 5.74) is 0.446. The van der Waals surface area contributed by atoms with Crippen molar-refractivity contribution in [1.29, 1.82) is 0 Å². The normalized spacial score (nSPS) is 13.8. The van der Waals surface area contributed by atoms with Gasteiger partial charge in [0.05, 0.1) is 33.5 Å². The lowest BCUT2D eigenvalue weighted by Crippen LogP contribution is -2.42. The molecule has 0 aromatic heterocycles. The molecule has 0 spiro atoms. The van der Waals surface area contributed by atoms with Gasteiger partial charge in [0.1, 0.15) is 16.0 Å². The average molecular weight is 389 g/mol. The van der Waals surface area contributed by atoms with Crippen molar-refractivity contribution >= 4 is 15.9 Å². The maximum absolute atomic E-state index is 10.5. The smallest absolute Gasteiger partial charge is 0.137 e. The van der Waals surface area contributed by atoms with Crippen LogP contribution >= 0.6 is 15.9 Å². The number of hydrogen-bond acceptors (Lipinski definition) is 4. The summed E-state index contributed by atoms with van der Waals surface area (Å²) in [5, 5.41) is 10.5. The maximum atomic E-state index is 10.5. The van der Waals surface area contributed by atoms with Crippen LogP contribution in [0.3, 0.4) is 0 Å². The second-order valence-electron chi connectivity index (χ2n) is 7.56. The standard InChI is InChI=1S/C18H29BrO4/c1-17(2,3)16(20)18(4,5)11-23-10-12-8-13(21-6)15(19)14(9-12)22-7/h8-9,16,20H,10-11H2,1-7H3. The van der Waals surface area contributed by atoms with Crippen LogP contribution in [-0.4, -0.2) is 32.0 Å². The third-order valence-electron chi connectivity index (χ3n) is 3.81. The van der Waals surface area contributed by atoms with E-state index in [2.05, 4.69) is 15.9 Å². The number of halogens is 1. The summed E-state index contributed by atoms with van der Waals surface area (Å²) in [6.45, 7) is 11.0. The van der Waals surface area contributed by atoms with Gasteiger partial charge in [-0.05, 0) is 39.0 Å². The van der Waals surface area contributed by atoms with Gasteiger partial charge in [-0.1, -0.05) is 34.6 Å². The van der Waals surface area contributed by atoms with Crippen LogP contribution in [0.15, 0.2) is 16.6 Å². The summed E-state index contributed by atoms with van der Waals surface area (Å²) >= 11 is 3.45. The summed E-state index contributed by atoms with van der Waals surface area (Å²) in [7, 11) is 3.24. The molecule has 0 aliphatic heterocycles. The lowest BCUT2D eigenvalue weighted by molar-refractivity contribution is -0.0772. The summed E-state index contributed by atoms with van der Waals surface area (Å²) < 4.78 is 17.3. The Balaban J connectivity index is 2.76. The van der Waals surface area contributed by atoms with Crippen LogP contribution in [0, 0.1) is 10.8 Å². The zero-order valence-corrected chi connectivity index (χ0v) is 16.8. The minimum absolute atomic E-state index is 0.184. The van der Waals surface area contributed by atoms with E-state index in [0.717, 1.165) is 10.0 Å². The van der Waals surface area contributed by atoms with E-state index in [-0.39, 0.29) is 10.8 Å². The largest absolute Gasteiger partial charge is 0.495 e. The minimum Gasteiger partial charge on any atom is -0.495 e. The SMILES string of the molecule is COc1cc(COCC(C)(C)C(O)C(C)(C)C)cc(OC)c1Br. The van der Waals surface area contributed by atoms with Crippen molar-refractivity contribution in [3.8, 4) is 11.5 Å². The van der Waals surface area contributed by atoms with Gasteiger partial charge in [-0.2, -0.15) is 0 Å². The van der Waals surface area contributed by atoms with Crippen molar-refractivity contribution in [1.82, 2.24) is 0 Å². The Bertz CT molecular complexity index is 495. The first kappa shape index (κ1) is 20.3. The molecule has 132 valence electrons. The highest BCUT2D eigenvalue weighted by Gasteiger charge is 2.36. The molecule has 0 saturated carbocycles. The predicted molar refractivity (Wildman–Crippen MR) is 96.1 cm³/mol. The molecule has 0 aliphatic carbocycles. The van der Waals surface area contributed by atoms with Crippen LogP contribution in [0.25, 0.3) is 0 Å². The molecule has 1 unspecified atom stereocenters. The third kappa shape index (κ3) is 5.37. The second-order valence-corrected chi connectivity index (χ2v) is 8.36. The van der Waals surface area contributed by atoms with E-state index in [1.807, 2.05) is 46.8 Å².